The molecule has 2 aromatic rings. The quantitative estimate of drug-likeness (QED) is 0.863. The summed E-state index contributed by atoms with van der Waals surface area (Å²) in [6.07, 6.45) is 1.73. The van der Waals surface area contributed by atoms with Crippen LogP contribution in [0.5, 0.6) is 5.75 Å². The van der Waals surface area contributed by atoms with Crippen molar-refractivity contribution in [3.63, 3.8) is 0 Å². The van der Waals surface area contributed by atoms with Gasteiger partial charge in [-0.15, -0.1) is 0 Å². The van der Waals surface area contributed by atoms with Gasteiger partial charge in [-0.1, -0.05) is 18.2 Å². The van der Waals surface area contributed by atoms with Gasteiger partial charge >= 0.3 is 6.61 Å². The van der Waals surface area contributed by atoms with Crippen molar-refractivity contribution in [2.45, 2.75) is 6.61 Å². The first-order chi connectivity index (χ1) is 11.6. The van der Waals surface area contributed by atoms with Crippen molar-refractivity contribution in [1.82, 2.24) is 9.88 Å². The molecule has 1 amide bonds. The van der Waals surface area contributed by atoms with Crippen LogP contribution in [0.4, 0.5) is 14.6 Å². The van der Waals surface area contributed by atoms with E-state index in [1.54, 1.807) is 23.2 Å². The van der Waals surface area contributed by atoms with Crippen LogP contribution in [0.1, 0.15) is 10.4 Å². The predicted molar refractivity (Wildman–Crippen MR) is 85.4 cm³/mol. The summed E-state index contributed by atoms with van der Waals surface area (Å²) in [5.41, 5.74) is 0.157. The molecule has 0 radical (unpaired) electrons. The minimum Gasteiger partial charge on any atom is -0.434 e. The van der Waals surface area contributed by atoms with Crippen LogP contribution in [0.2, 0.25) is 0 Å². The van der Waals surface area contributed by atoms with Gasteiger partial charge in [0.15, 0.2) is 0 Å². The number of rotatable bonds is 4. The minimum absolute atomic E-state index is 0.0929. The highest BCUT2D eigenvalue weighted by Crippen LogP contribution is 2.23. The van der Waals surface area contributed by atoms with Crippen LogP contribution in [-0.4, -0.2) is 48.6 Å². The lowest BCUT2D eigenvalue weighted by atomic mass is 10.1. The van der Waals surface area contributed by atoms with E-state index in [0.717, 1.165) is 5.82 Å². The highest BCUT2D eigenvalue weighted by atomic mass is 19.3. The van der Waals surface area contributed by atoms with Crippen molar-refractivity contribution in [3.05, 3.63) is 54.2 Å². The van der Waals surface area contributed by atoms with Crippen LogP contribution in [0.15, 0.2) is 48.7 Å². The number of hydrogen-bond donors (Lipinski definition) is 0. The Kier molecular flexibility index (Phi) is 4.88. The Morgan fingerprint density at radius 1 is 1.04 bits per heavy atom. The molecular weight excluding hydrogens is 316 g/mol. The Hall–Kier alpha value is -2.70. The Bertz CT molecular complexity index is 689. The van der Waals surface area contributed by atoms with Gasteiger partial charge < -0.3 is 14.5 Å². The topological polar surface area (TPSA) is 45.7 Å². The monoisotopic (exact) mass is 333 g/mol. The van der Waals surface area contributed by atoms with Crippen LogP contribution >= 0.6 is 0 Å². The van der Waals surface area contributed by atoms with Crippen molar-refractivity contribution in [2.24, 2.45) is 0 Å². The molecule has 0 unspecified atom stereocenters. The number of pyridine rings is 1. The number of para-hydroxylation sites is 1. The van der Waals surface area contributed by atoms with Crippen molar-refractivity contribution in [1.29, 1.82) is 0 Å². The van der Waals surface area contributed by atoms with E-state index in [0.29, 0.717) is 26.2 Å². The summed E-state index contributed by atoms with van der Waals surface area (Å²) in [4.78, 5) is 20.6. The van der Waals surface area contributed by atoms with Crippen LogP contribution in [0.3, 0.4) is 0 Å². The Morgan fingerprint density at radius 2 is 1.75 bits per heavy atom. The van der Waals surface area contributed by atoms with E-state index in [4.69, 9.17) is 0 Å². The molecule has 0 N–H and O–H groups in total. The van der Waals surface area contributed by atoms with E-state index >= 15 is 0 Å². The van der Waals surface area contributed by atoms with Gasteiger partial charge in [-0.2, -0.15) is 8.78 Å². The molecule has 7 heteroatoms. The smallest absolute Gasteiger partial charge is 0.387 e. The fraction of sp³-hybridized carbons (Fsp3) is 0.294. The fourth-order valence-electron chi connectivity index (χ4n) is 2.69. The highest BCUT2D eigenvalue weighted by Gasteiger charge is 2.25. The molecule has 1 fully saturated rings. The molecule has 0 spiro atoms. The van der Waals surface area contributed by atoms with Crippen LogP contribution in [-0.2, 0) is 0 Å². The molecule has 1 aliphatic heterocycles. The first-order valence-corrected chi connectivity index (χ1v) is 7.64. The van der Waals surface area contributed by atoms with Crippen molar-refractivity contribution >= 4 is 11.7 Å². The molecular formula is C17H17F2N3O2. The number of ether oxygens (including phenoxy) is 1. The van der Waals surface area contributed by atoms with Crippen LogP contribution in [0, 0.1) is 0 Å². The highest BCUT2D eigenvalue weighted by molar-refractivity contribution is 5.97. The molecule has 1 saturated heterocycles. The summed E-state index contributed by atoms with van der Waals surface area (Å²) >= 11 is 0. The molecule has 5 nitrogen and oxygen atoms in total. The van der Waals surface area contributed by atoms with Crippen molar-refractivity contribution < 1.29 is 18.3 Å². The van der Waals surface area contributed by atoms with Crippen molar-refractivity contribution in [2.75, 3.05) is 31.1 Å². The third kappa shape index (κ3) is 3.61. The van der Waals surface area contributed by atoms with E-state index in [1.165, 1.54) is 12.1 Å². The maximum Gasteiger partial charge on any atom is 0.387 e. The van der Waals surface area contributed by atoms with Crippen LogP contribution in [0.25, 0.3) is 0 Å². The molecule has 2 heterocycles. The number of alkyl halides is 2. The molecule has 0 bridgehead atoms. The van der Waals surface area contributed by atoms with Gasteiger partial charge in [-0.25, -0.2) is 4.98 Å². The predicted octanol–water partition coefficient (Wildman–Crippen LogP) is 2.65. The maximum atomic E-state index is 12.6. The molecule has 1 aliphatic rings. The van der Waals surface area contributed by atoms with Gasteiger partial charge in [0.1, 0.15) is 11.6 Å². The number of anilines is 1. The van der Waals surface area contributed by atoms with E-state index in [2.05, 4.69) is 14.6 Å². The zero-order valence-electron chi connectivity index (χ0n) is 12.9. The van der Waals surface area contributed by atoms with Gasteiger partial charge in [0, 0.05) is 32.4 Å². The number of carbonyl (C=O) groups excluding carboxylic acids is 1. The second-order valence-electron chi connectivity index (χ2n) is 5.34. The molecule has 0 atom stereocenters. The Balaban J connectivity index is 1.68. The lowest BCUT2D eigenvalue weighted by Gasteiger charge is -2.35. The van der Waals surface area contributed by atoms with Gasteiger partial charge in [-0.05, 0) is 24.3 Å². The zero-order valence-corrected chi connectivity index (χ0v) is 12.9. The molecule has 0 aliphatic carbocycles. The summed E-state index contributed by atoms with van der Waals surface area (Å²) in [6, 6.07) is 11.8. The molecule has 3 rings (SSSR count). The van der Waals surface area contributed by atoms with Gasteiger partial charge in [-0.3, -0.25) is 4.79 Å². The number of aromatic nitrogens is 1. The van der Waals surface area contributed by atoms with Crippen LogP contribution < -0.4 is 9.64 Å². The standard InChI is InChI=1S/C17H17F2N3O2/c18-17(19)24-14-6-2-1-5-13(14)16(23)22-11-9-21(10-12-22)15-7-3-4-8-20-15/h1-8,17H,9-12H2. The SMILES string of the molecule is O=C(c1ccccc1OC(F)F)N1CCN(c2ccccn2)CC1. The first kappa shape index (κ1) is 16.2. The number of amides is 1. The van der Waals surface area contributed by atoms with Crippen molar-refractivity contribution in [3.8, 4) is 5.75 Å². The second-order valence-corrected chi connectivity index (χ2v) is 5.34. The number of nitrogens with zero attached hydrogens (tertiary/aromatic N) is 3. The normalized spacial score (nSPS) is 14.8. The average molecular weight is 333 g/mol. The first-order valence-electron chi connectivity index (χ1n) is 7.64. The maximum absolute atomic E-state index is 12.6. The fourth-order valence-corrected chi connectivity index (χ4v) is 2.69. The number of hydrogen-bond acceptors (Lipinski definition) is 4. The number of halogens is 2. The third-order valence-corrected chi connectivity index (χ3v) is 3.87. The molecule has 1 aromatic carbocycles. The lowest BCUT2D eigenvalue weighted by molar-refractivity contribution is -0.0502. The summed E-state index contributed by atoms with van der Waals surface area (Å²) in [5, 5.41) is 0. The van der Waals surface area contributed by atoms with E-state index in [-0.39, 0.29) is 17.2 Å². The molecule has 24 heavy (non-hydrogen) atoms. The Labute approximate surface area is 138 Å². The zero-order chi connectivity index (χ0) is 16.9. The summed E-state index contributed by atoms with van der Waals surface area (Å²) in [6.45, 7) is -0.682. The minimum atomic E-state index is -2.96. The number of benzene rings is 1. The molecule has 126 valence electrons. The second kappa shape index (κ2) is 7.25. The molecule has 1 aromatic heterocycles. The Morgan fingerprint density at radius 3 is 2.42 bits per heavy atom. The number of carbonyl (C=O) groups is 1. The summed E-state index contributed by atoms with van der Waals surface area (Å²) < 4.78 is 29.4. The lowest BCUT2D eigenvalue weighted by Crippen LogP contribution is -2.49. The van der Waals surface area contributed by atoms with E-state index in [1.807, 2.05) is 18.2 Å². The van der Waals surface area contributed by atoms with Gasteiger partial charge in [0.05, 0.1) is 5.56 Å². The summed E-state index contributed by atoms with van der Waals surface area (Å²) in [5.74, 6) is 0.475. The van der Waals surface area contributed by atoms with E-state index in [9.17, 15) is 13.6 Å². The average Bonchev–Trinajstić information content (AvgIpc) is 2.62. The largest absolute Gasteiger partial charge is 0.434 e. The number of piperazine rings is 1. The molecule has 0 saturated carbocycles. The van der Waals surface area contributed by atoms with E-state index < -0.39 is 6.61 Å². The summed E-state index contributed by atoms with van der Waals surface area (Å²) in [7, 11) is 0. The van der Waals surface area contributed by atoms with Gasteiger partial charge in [0.2, 0.25) is 0 Å². The van der Waals surface area contributed by atoms with Gasteiger partial charge in [0.25, 0.3) is 5.91 Å². The third-order valence-electron chi connectivity index (χ3n) is 3.87.